The van der Waals surface area contributed by atoms with E-state index in [1.807, 2.05) is 35.2 Å². The zero-order chi connectivity index (χ0) is 17.5. The van der Waals surface area contributed by atoms with Crippen molar-refractivity contribution in [2.75, 3.05) is 13.2 Å². The van der Waals surface area contributed by atoms with E-state index in [4.69, 9.17) is 9.47 Å². The molecule has 0 spiro atoms. The summed E-state index contributed by atoms with van der Waals surface area (Å²) in [5.41, 5.74) is 1.80. The average molecular weight is 344 g/mol. The smallest absolute Gasteiger partial charge is 0.410 e. The molecule has 25 heavy (non-hydrogen) atoms. The fourth-order valence-electron chi connectivity index (χ4n) is 3.12. The molecule has 7 heteroatoms. The standard InChI is InChI=1S/C18H24N4O3/c1-14-9-16(11-24-13-17-10-19-21-20-17)7-8-22(14)18(23)25-12-15-5-3-2-4-6-15/h2-6,10,14,16H,7-9,11-13H2,1H3,(H,19,20,21). The van der Waals surface area contributed by atoms with E-state index in [9.17, 15) is 4.79 Å². The van der Waals surface area contributed by atoms with Crippen molar-refractivity contribution in [1.82, 2.24) is 20.3 Å². The highest BCUT2D eigenvalue weighted by Crippen LogP contribution is 2.24. The fraction of sp³-hybridized carbons (Fsp3) is 0.500. The second-order valence-electron chi connectivity index (χ2n) is 6.45. The number of ether oxygens (including phenoxy) is 2. The maximum Gasteiger partial charge on any atom is 0.410 e. The van der Waals surface area contributed by atoms with Gasteiger partial charge in [-0.2, -0.15) is 0 Å². The Bertz CT molecular complexity index is 648. The van der Waals surface area contributed by atoms with Crippen LogP contribution in [0.4, 0.5) is 4.79 Å². The molecule has 3 rings (SSSR count). The number of amides is 1. The number of piperidine rings is 1. The van der Waals surface area contributed by atoms with Crippen LogP contribution < -0.4 is 0 Å². The van der Waals surface area contributed by atoms with Gasteiger partial charge in [-0.3, -0.25) is 5.10 Å². The summed E-state index contributed by atoms with van der Waals surface area (Å²) < 4.78 is 11.2. The van der Waals surface area contributed by atoms with Crippen LogP contribution in [0.5, 0.6) is 0 Å². The van der Waals surface area contributed by atoms with E-state index in [0.717, 1.165) is 24.1 Å². The first kappa shape index (κ1) is 17.4. The summed E-state index contributed by atoms with van der Waals surface area (Å²) in [5, 5.41) is 10.2. The Morgan fingerprint density at radius 3 is 2.88 bits per heavy atom. The lowest BCUT2D eigenvalue weighted by Crippen LogP contribution is -2.45. The Morgan fingerprint density at radius 1 is 1.32 bits per heavy atom. The van der Waals surface area contributed by atoms with E-state index in [1.54, 1.807) is 6.20 Å². The average Bonchev–Trinajstić information content (AvgIpc) is 3.14. The van der Waals surface area contributed by atoms with Crippen LogP contribution in [0, 0.1) is 5.92 Å². The van der Waals surface area contributed by atoms with E-state index < -0.39 is 0 Å². The number of benzene rings is 1. The van der Waals surface area contributed by atoms with Crippen LogP contribution in [0.15, 0.2) is 36.5 Å². The van der Waals surface area contributed by atoms with Crippen molar-refractivity contribution in [2.24, 2.45) is 5.92 Å². The Balaban J connectivity index is 1.39. The summed E-state index contributed by atoms with van der Waals surface area (Å²) in [6.07, 6.45) is 3.33. The van der Waals surface area contributed by atoms with Gasteiger partial charge in [0, 0.05) is 18.8 Å². The molecule has 1 amide bonds. The lowest BCUT2D eigenvalue weighted by molar-refractivity contribution is 0.0285. The minimum absolute atomic E-state index is 0.151. The van der Waals surface area contributed by atoms with Crippen molar-refractivity contribution in [2.45, 2.75) is 39.0 Å². The maximum absolute atomic E-state index is 12.3. The van der Waals surface area contributed by atoms with Gasteiger partial charge in [0.2, 0.25) is 0 Å². The minimum atomic E-state index is -0.238. The number of carbonyl (C=O) groups is 1. The van der Waals surface area contributed by atoms with Crippen molar-refractivity contribution in [3.63, 3.8) is 0 Å². The van der Waals surface area contributed by atoms with Crippen LogP contribution in [0.3, 0.4) is 0 Å². The molecule has 1 saturated heterocycles. The first-order valence-corrected chi connectivity index (χ1v) is 8.63. The molecule has 2 unspecified atom stereocenters. The van der Waals surface area contributed by atoms with E-state index in [-0.39, 0.29) is 12.1 Å². The summed E-state index contributed by atoms with van der Waals surface area (Å²) in [7, 11) is 0. The fourth-order valence-corrected chi connectivity index (χ4v) is 3.12. The Morgan fingerprint density at radius 2 is 2.16 bits per heavy atom. The SMILES string of the molecule is CC1CC(COCc2c[nH]nn2)CCN1C(=O)OCc1ccccc1. The van der Waals surface area contributed by atoms with Gasteiger partial charge >= 0.3 is 6.09 Å². The number of carbonyl (C=O) groups excluding carboxylic acids is 1. The monoisotopic (exact) mass is 344 g/mol. The van der Waals surface area contributed by atoms with Crippen LogP contribution in [-0.4, -0.2) is 45.6 Å². The van der Waals surface area contributed by atoms with Crippen LogP contribution in [0.2, 0.25) is 0 Å². The molecule has 2 aromatic rings. The number of hydrogen-bond acceptors (Lipinski definition) is 5. The van der Waals surface area contributed by atoms with Gasteiger partial charge in [0.1, 0.15) is 12.3 Å². The van der Waals surface area contributed by atoms with Crippen LogP contribution in [-0.2, 0) is 22.7 Å². The second kappa shape index (κ2) is 8.62. The van der Waals surface area contributed by atoms with Crippen LogP contribution >= 0.6 is 0 Å². The Labute approximate surface area is 147 Å². The molecular weight excluding hydrogens is 320 g/mol. The molecule has 0 radical (unpaired) electrons. The van der Waals surface area contributed by atoms with Gasteiger partial charge in [-0.05, 0) is 31.2 Å². The topological polar surface area (TPSA) is 80.3 Å². The van der Waals surface area contributed by atoms with Crippen LogP contribution in [0.25, 0.3) is 0 Å². The highest BCUT2D eigenvalue weighted by molar-refractivity contribution is 5.68. The van der Waals surface area contributed by atoms with Gasteiger partial charge in [0.25, 0.3) is 0 Å². The lowest BCUT2D eigenvalue weighted by Gasteiger charge is -2.36. The third-order valence-electron chi connectivity index (χ3n) is 4.50. The van der Waals surface area contributed by atoms with Crippen molar-refractivity contribution < 1.29 is 14.3 Å². The minimum Gasteiger partial charge on any atom is -0.445 e. The second-order valence-corrected chi connectivity index (χ2v) is 6.45. The molecule has 1 aliphatic rings. The predicted molar refractivity (Wildman–Crippen MR) is 91.6 cm³/mol. The summed E-state index contributed by atoms with van der Waals surface area (Å²) in [6, 6.07) is 9.89. The maximum atomic E-state index is 12.3. The van der Waals surface area contributed by atoms with Crippen LogP contribution in [0.1, 0.15) is 31.0 Å². The number of aromatic nitrogens is 3. The quantitative estimate of drug-likeness (QED) is 0.871. The summed E-state index contributed by atoms with van der Waals surface area (Å²) >= 11 is 0. The molecule has 7 nitrogen and oxygen atoms in total. The van der Waals surface area contributed by atoms with Gasteiger partial charge in [-0.1, -0.05) is 35.5 Å². The van der Waals surface area contributed by atoms with Crippen molar-refractivity contribution in [1.29, 1.82) is 0 Å². The number of H-pyrrole nitrogens is 1. The predicted octanol–water partition coefficient (Wildman–Crippen LogP) is 2.76. The highest BCUT2D eigenvalue weighted by atomic mass is 16.6. The molecule has 1 aromatic heterocycles. The lowest BCUT2D eigenvalue weighted by atomic mass is 9.92. The number of aromatic amines is 1. The molecule has 0 bridgehead atoms. The zero-order valence-corrected chi connectivity index (χ0v) is 14.4. The first-order chi connectivity index (χ1) is 12.2. The number of nitrogens with one attached hydrogen (secondary N) is 1. The molecule has 2 heterocycles. The molecule has 134 valence electrons. The Kier molecular flexibility index (Phi) is 6.00. The first-order valence-electron chi connectivity index (χ1n) is 8.63. The van der Waals surface area contributed by atoms with Gasteiger partial charge in [0.15, 0.2) is 0 Å². The molecule has 1 fully saturated rings. The molecular formula is C18H24N4O3. The Hall–Kier alpha value is -2.41. The zero-order valence-electron chi connectivity index (χ0n) is 14.4. The molecule has 2 atom stereocenters. The normalized spacial score (nSPS) is 20.4. The van der Waals surface area contributed by atoms with E-state index in [2.05, 4.69) is 22.3 Å². The van der Waals surface area contributed by atoms with Gasteiger partial charge in [-0.15, -0.1) is 5.10 Å². The number of hydrogen-bond donors (Lipinski definition) is 1. The molecule has 1 N–H and O–H groups in total. The largest absolute Gasteiger partial charge is 0.445 e. The van der Waals surface area contributed by atoms with Crippen molar-refractivity contribution >= 4 is 6.09 Å². The summed E-state index contributed by atoms with van der Waals surface area (Å²) in [4.78, 5) is 14.1. The van der Waals surface area contributed by atoms with Gasteiger partial charge in [0.05, 0.1) is 13.2 Å². The summed E-state index contributed by atoms with van der Waals surface area (Å²) in [5.74, 6) is 0.445. The molecule has 0 aliphatic carbocycles. The highest BCUT2D eigenvalue weighted by Gasteiger charge is 2.29. The number of nitrogens with zero attached hydrogens (tertiary/aromatic N) is 3. The number of likely N-dealkylation sites (tertiary alicyclic amines) is 1. The van der Waals surface area contributed by atoms with Crippen molar-refractivity contribution in [3.05, 3.63) is 47.8 Å². The van der Waals surface area contributed by atoms with Gasteiger partial charge < -0.3 is 14.4 Å². The van der Waals surface area contributed by atoms with E-state index in [1.165, 1.54) is 0 Å². The van der Waals surface area contributed by atoms with E-state index in [0.29, 0.717) is 32.3 Å². The van der Waals surface area contributed by atoms with Crippen molar-refractivity contribution in [3.8, 4) is 0 Å². The van der Waals surface area contributed by atoms with E-state index >= 15 is 0 Å². The summed E-state index contributed by atoms with van der Waals surface area (Å²) in [6.45, 7) is 4.21. The molecule has 1 aliphatic heterocycles. The van der Waals surface area contributed by atoms with Gasteiger partial charge in [-0.25, -0.2) is 4.79 Å². The molecule has 0 saturated carbocycles. The third kappa shape index (κ3) is 5.03. The molecule has 1 aromatic carbocycles. The third-order valence-corrected chi connectivity index (χ3v) is 4.50. The number of rotatable bonds is 6.